The van der Waals surface area contributed by atoms with Crippen molar-refractivity contribution >= 4 is 11.5 Å². The van der Waals surface area contributed by atoms with Gasteiger partial charge >= 0.3 is 0 Å². The standard InChI is InChI=1S/C26H19N11/c1-36-14-17(13-32-36)18-7-4-9-30-21(18)11-22-33-26-25(28)34-23(19-6-3-2-5-16(19)12-27)24(37(26)35-22)20-8-10-29-15-31-20/h2-10,13-15H,11H2,1H3,(H2,28,34). The molecule has 0 fully saturated rings. The van der Waals surface area contributed by atoms with Crippen LogP contribution in [0.2, 0.25) is 0 Å². The van der Waals surface area contributed by atoms with Gasteiger partial charge in [0.2, 0.25) is 0 Å². The monoisotopic (exact) mass is 485 g/mol. The molecular formula is C26H19N11. The zero-order valence-electron chi connectivity index (χ0n) is 19.7. The van der Waals surface area contributed by atoms with Gasteiger partial charge in [0.05, 0.1) is 35.6 Å². The molecule has 0 aliphatic heterocycles. The molecule has 0 saturated heterocycles. The lowest BCUT2D eigenvalue weighted by atomic mass is 10.0. The number of benzene rings is 1. The second-order valence-corrected chi connectivity index (χ2v) is 8.29. The van der Waals surface area contributed by atoms with Crippen molar-refractivity contribution in [3.8, 4) is 39.8 Å². The van der Waals surface area contributed by atoms with Crippen molar-refractivity contribution in [3.63, 3.8) is 0 Å². The number of nitrogen functional groups attached to an aromatic ring is 1. The fraction of sp³-hybridized carbons (Fsp3) is 0.0769. The van der Waals surface area contributed by atoms with E-state index in [4.69, 9.17) is 15.8 Å². The van der Waals surface area contributed by atoms with Crippen LogP contribution >= 0.6 is 0 Å². The summed E-state index contributed by atoms with van der Waals surface area (Å²) in [6.45, 7) is 0. The molecule has 0 amide bonds. The number of aryl methyl sites for hydroxylation is 1. The number of pyridine rings is 1. The van der Waals surface area contributed by atoms with Gasteiger partial charge in [-0.05, 0) is 18.2 Å². The SMILES string of the molecule is Cn1cc(-c2cccnc2Cc2nc3c(N)nc(-c4ccccc4C#N)c(-c4ccncn4)n3n2)cn1. The number of aromatic nitrogens is 9. The Bertz CT molecular complexity index is 1800. The number of nitriles is 1. The molecule has 0 atom stereocenters. The number of nitrogens with two attached hydrogens (primary N) is 1. The van der Waals surface area contributed by atoms with E-state index in [2.05, 4.69) is 31.1 Å². The van der Waals surface area contributed by atoms with E-state index in [0.29, 0.717) is 46.1 Å². The number of hydrogen-bond acceptors (Lipinski definition) is 9. The summed E-state index contributed by atoms with van der Waals surface area (Å²) in [4.78, 5) is 22.4. The Labute approximate surface area is 210 Å². The van der Waals surface area contributed by atoms with Gasteiger partial charge in [-0.15, -0.1) is 0 Å². The molecule has 5 heterocycles. The van der Waals surface area contributed by atoms with Crippen molar-refractivity contribution in [2.75, 3.05) is 5.73 Å². The van der Waals surface area contributed by atoms with E-state index in [-0.39, 0.29) is 5.82 Å². The van der Waals surface area contributed by atoms with Crippen LogP contribution in [0, 0.1) is 11.3 Å². The van der Waals surface area contributed by atoms with E-state index < -0.39 is 0 Å². The molecule has 2 N–H and O–H groups in total. The molecule has 178 valence electrons. The lowest BCUT2D eigenvalue weighted by Gasteiger charge is -2.12. The zero-order valence-corrected chi connectivity index (χ0v) is 19.7. The van der Waals surface area contributed by atoms with Crippen LogP contribution in [-0.2, 0) is 13.5 Å². The van der Waals surface area contributed by atoms with Crippen LogP contribution in [0.4, 0.5) is 5.82 Å². The highest BCUT2D eigenvalue weighted by Crippen LogP contribution is 2.33. The number of hydrogen-bond donors (Lipinski definition) is 1. The molecule has 1 aromatic carbocycles. The Balaban J connectivity index is 1.55. The minimum absolute atomic E-state index is 0.188. The molecule has 0 bridgehead atoms. The Morgan fingerprint density at radius 3 is 2.65 bits per heavy atom. The smallest absolute Gasteiger partial charge is 0.198 e. The summed E-state index contributed by atoms with van der Waals surface area (Å²) in [5.74, 6) is 0.700. The van der Waals surface area contributed by atoms with Crippen LogP contribution in [0.15, 0.2) is 73.6 Å². The summed E-state index contributed by atoms with van der Waals surface area (Å²) in [6, 6.07) is 15.1. The first-order valence-corrected chi connectivity index (χ1v) is 11.4. The topological polar surface area (TPSA) is 149 Å². The van der Waals surface area contributed by atoms with Crippen LogP contribution in [-0.4, -0.2) is 44.3 Å². The first-order valence-electron chi connectivity index (χ1n) is 11.4. The molecule has 5 aromatic heterocycles. The van der Waals surface area contributed by atoms with Crippen LogP contribution in [0.3, 0.4) is 0 Å². The first-order chi connectivity index (χ1) is 18.1. The Morgan fingerprint density at radius 2 is 1.86 bits per heavy atom. The maximum atomic E-state index is 9.73. The van der Waals surface area contributed by atoms with E-state index >= 15 is 0 Å². The van der Waals surface area contributed by atoms with Gasteiger partial charge in [0.1, 0.15) is 17.7 Å². The van der Waals surface area contributed by atoms with E-state index in [9.17, 15) is 5.26 Å². The fourth-order valence-electron chi connectivity index (χ4n) is 4.26. The molecule has 11 heteroatoms. The Morgan fingerprint density at radius 1 is 1.00 bits per heavy atom. The second-order valence-electron chi connectivity index (χ2n) is 8.29. The molecule has 11 nitrogen and oxygen atoms in total. The van der Waals surface area contributed by atoms with Crippen molar-refractivity contribution in [3.05, 3.63) is 90.7 Å². The highest BCUT2D eigenvalue weighted by atomic mass is 15.3. The van der Waals surface area contributed by atoms with Crippen molar-refractivity contribution in [2.24, 2.45) is 7.05 Å². The summed E-state index contributed by atoms with van der Waals surface area (Å²) in [6.07, 6.45) is 8.92. The largest absolute Gasteiger partial charge is 0.381 e. The van der Waals surface area contributed by atoms with Gasteiger partial charge < -0.3 is 5.73 Å². The maximum Gasteiger partial charge on any atom is 0.198 e. The average Bonchev–Trinajstić information content (AvgIpc) is 3.56. The van der Waals surface area contributed by atoms with Gasteiger partial charge in [-0.1, -0.05) is 24.3 Å². The van der Waals surface area contributed by atoms with Gasteiger partial charge in [-0.3, -0.25) is 9.67 Å². The normalized spacial score (nSPS) is 11.0. The first kappa shape index (κ1) is 22.0. The minimum Gasteiger partial charge on any atom is -0.381 e. The molecule has 0 aliphatic rings. The lowest BCUT2D eigenvalue weighted by Crippen LogP contribution is -2.06. The molecule has 0 unspecified atom stereocenters. The van der Waals surface area contributed by atoms with Gasteiger partial charge in [0.25, 0.3) is 0 Å². The molecule has 0 aliphatic carbocycles. The molecule has 6 aromatic rings. The zero-order chi connectivity index (χ0) is 25.4. The van der Waals surface area contributed by atoms with Gasteiger partial charge in [-0.25, -0.2) is 24.5 Å². The lowest BCUT2D eigenvalue weighted by molar-refractivity contribution is 0.768. The third-order valence-corrected chi connectivity index (χ3v) is 5.91. The summed E-state index contributed by atoms with van der Waals surface area (Å²) in [5, 5.41) is 18.8. The van der Waals surface area contributed by atoms with Crippen LogP contribution in [0.5, 0.6) is 0 Å². The highest BCUT2D eigenvalue weighted by molar-refractivity contribution is 5.83. The third kappa shape index (κ3) is 3.92. The van der Waals surface area contributed by atoms with Crippen LogP contribution < -0.4 is 5.73 Å². The quantitative estimate of drug-likeness (QED) is 0.388. The van der Waals surface area contributed by atoms with Crippen molar-refractivity contribution < 1.29 is 0 Å². The molecule has 37 heavy (non-hydrogen) atoms. The fourth-order valence-corrected chi connectivity index (χ4v) is 4.26. The molecular weight excluding hydrogens is 466 g/mol. The summed E-state index contributed by atoms with van der Waals surface area (Å²) >= 11 is 0. The molecule has 0 spiro atoms. The van der Waals surface area contributed by atoms with Crippen molar-refractivity contribution in [1.29, 1.82) is 5.26 Å². The Hall–Kier alpha value is -5.50. The van der Waals surface area contributed by atoms with E-state index in [1.165, 1.54) is 6.33 Å². The second kappa shape index (κ2) is 8.94. The van der Waals surface area contributed by atoms with E-state index in [1.54, 1.807) is 46.0 Å². The van der Waals surface area contributed by atoms with Crippen LogP contribution in [0.25, 0.3) is 39.4 Å². The average molecular weight is 486 g/mol. The summed E-state index contributed by atoms with van der Waals surface area (Å²) < 4.78 is 3.38. The van der Waals surface area contributed by atoms with E-state index in [0.717, 1.165) is 16.8 Å². The maximum absolute atomic E-state index is 9.73. The van der Waals surface area contributed by atoms with Crippen molar-refractivity contribution in [1.82, 2.24) is 44.3 Å². The van der Waals surface area contributed by atoms with Crippen molar-refractivity contribution in [2.45, 2.75) is 6.42 Å². The molecule has 0 saturated carbocycles. The van der Waals surface area contributed by atoms with Crippen LogP contribution in [0.1, 0.15) is 17.1 Å². The number of anilines is 1. The highest BCUT2D eigenvalue weighted by Gasteiger charge is 2.22. The van der Waals surface area contributed by atoms with Gasteiger partial charge in [0.15, 0.2) is 17.3 Å². The summed E-state index contributed by atoms with van der Waals surface area (Å²) in [5.41, 5.74) is 12.2. The Kier molecular flexibility index (Phi) is 5.31. The van der Waals surface area contributed by atoms with Gasteiger partial charge in [0, 0.05) is 42.3 Å². The molecule has 0 radical (unpaired) electrons. The predicted octanol–water partition coefficient (Wildman–Crippen LogP) is 3.09. The number of nitrogens with zero attached hydrogens (tertiary/aromatic N) is 10. The third-order valence-electron chi connectivity index (χ3n) is 5.91. The predicted molar refractivity (Wildman–Crippen MR) is 136 cm³/mol. The summed E-state index contributed by atoms with van der Waals surface area (Å²) in [7, 11) is 1.87. The van der Waals surface area contributed by atoms with Gasteiger partial charge in [-0.2, -0.15) is 15.5 Å². The number of fused-ring (bicyclic) bond motifs is 1. The number of rotatable bonds is 5. The molecule has 6 rings (SSSR count). The minimum atomic E-state index is 0.188. The van der Waals surface area contributed by atoms with E-state index in [1.807, 2.05) is 37.5 Å².